The monoisotopic (exact) mass is 275 g/mol. The van der Waals surface area contributed by atoms with Crippen LogP contribution in [0.2, 0.25) is 0 Å². The zero-order chi connectivity index (χ0) is 13.1. The highest BCUT2D eigenvalue weighted by Gasteiger charge is 2.31. The Labute approximate surface area is 109 Å². The lowest BCUT2D eigenvalue weighted by Gasteiger charge is -2.24. The van der Waals surface area contributed by atoms with Crippen LogP contribution in [-0.2, 0) is 9.53 Å². The molecule has 7 heteroatoms. The zero-order valence-electron chi connectivity index (χ0n) is 10.4. The molecule has 0 aliphatic rings. The number of aromatic nitrogens is 2. The summed E-state index contributed by atoms with van der Waals surface area (Å²) in [7, 11) is 1.35. The fourth-order valence-corrected chi connectivity index (χ4v) is 3.61. The smallest absolute Gasteiger partial charge is 0.325 e. The number of hydrogen-bond donors (Lipinski definition) is 1. The van der Waals surface area contributed by atoms with Gasteiger partial charge in [0.2, 0.25) is 0 Å². The molecular weight excluding hydrogens is 258 g/mol. The summed E-state index contributed by atoms with van der Waals surface area (Å²) in [6.45, 7) is 5.55. The van der Waals surface area contributed by atoms with Crippen molar-refractivity contribution >= 4 is 29.3 Å². The normalized spacial score (nSPS) is 16.3. The SMILES string of the molecule is COC(=O)C(C)(N)CC(C)Sc1nc(C)ns1. The maximum Gasteiger partial charge on any atom is 0.325 e. The molecule has 5 nitrogen and oxygen atoms in total. The van der Waals surface area contributed by atoms with Gasteiger partial charge in [-0.15, -0.1) is 0 Å². The molecule has 0 amide bonds. The lowest BCUT2D eigenvalue weighted by Crippen LogP contribution is -2.47. The Morgan fingerprint density at radius 1 is 1.71 bits per heavy atom. The summed E-state index contributed by atoms with van der Waals surface area (Å²) in [5.41, 5.74) is 4.95. The summed E-state index contributed by atoms with van der Waals surface area (Å²) >= 11 is 2.94. The molecule has 96 valence electrons. The highest BCUT2D eigenvalue weighted by Crippen LogP contribution is 2.29. The minimum absolute atomic E-state index is 0.177. The highest BCUT2D eigenvalue weighted by molar-refractivity contribution is 8.01. The third-order valence-electron chi connectivity index (χ3n) is 2.17. The molecule has 2 N–H and O–H groups in total. The fourth-order valence-electron chi connectivity index (χ4n) is 1.45. The van der Waals surface area contributed by atoms with E-state index in [1.54, 1.807) is 18.7 Å². The van der Waals surface area contributed by atoms with Gasteiger partial charge in [0.05, 0.1) is 7.11 Å². The van der Waals surface area contributed by atoms with Gasteiger partial charge in [0.25, 0.3) is 0 Å². The molecule has 1 rings (SSSR count). The number of methoxy groups -OCH3 is 1. The maximum atomic E-state index is 11.4. The van der Waals surface area contributed by atoms with Crippen molar-refractivity contribution in [2.24, 2.45) is 5.73 Å². The van der Waals surface area contributed by atoms with E-state index in [2.05, 4.69) is 14.1 Å². The van der Waals surface area contributed by atoms with Crippen molar-refractivity contribution in [1.29, 1.82) is 0 Å². The Balaban J connectivity index is 2.54. The summed E-state index contributed by atoms with van der Waals surface area (Å²) in [5.74, 6) is 0.381. The molecule has 2 atom stereocenters. The van der Waals surface area contributed by atoms with E-state index in [9.17, 15) is 4.79 Å². The first-order valence-electron chi connectivity index (χ1n) is 5.19. The van der Waals surface area contributed by atoms with Crippen molar-refractivity contribution in [3.63, 3.8) is 0 Å². The minimum atomic E-state index is -0.957. The van der Waals surface area contributed by atoms with Crippen LogP contribution in [0.15, 0.2) is 4.34 Å². The number of carbonyl (C=O) groups is 1. The third kappa shape index (κ3) is 4.25. The minimum Gasteiger partial charge on any atom is -0.468 e. The first-order chi connectivity index (χ1) is 7.85. The number of aryl methyl sites for hydroxylation is 1. The van der Waals surface area contributed by atoms with Crippen LogP contribution in [0.4, 0.5) is 0 Å². The van der Waals surface area contributed by atoms with Gasteiger partial charge in [0.1, 0.15) is 11.4 Å². The van der Waals surface area contributed by atoms with Gasteiger partial charge in [-0.3, -0.25) is 4.79 Å². The van der Waals surface area contributed by atoms with Crippen LogP contribution >= 0.6 is 23.3 Å². The summed E-state index contributed by atoms with van der Waals surface area (Å²) in [5, 5.41) is 0.177. The van der Waals surface area contributed by atoms with Gasteiger partial charge in [-0.1, -0.05) is 18.7 Å². The van der Waals surface area contributed by atoms with E-state index in [0.717, 1.165) is 10.2 Å². The van der Waals surface area contributed by atoms with E-state index in [1.165, 1.54) is 18.6 Å². The number of esters is 1. The van der Waals surface area contributed by atoms with E-state index in [0.29, 0.717) is 6.42 Å². The van der Waals surface area contributed by atoms with Gasteiger partial charge in [0, 0.05) is 5.25 Å². The predicted octanol–water partition coefficient (Wildman–Crippen LogP) is 1.61. The van der Waals surface area contributed by atoms with Gasteiger partial charge in [0.15, 0.2) is 4.34 Å². The van der Waals surface area contributed by atoms with Gasteiger partial charge in [-0.05, 0) is 31.8 Å². The molecule has 0 aromatic carbocycles. The number of rotatable bonds is 5. The van der Waals surface area contributed by atoms with Gasteiger partial charge in [-0.25, -0.2) is 4.98 Å². The molecule has 0 bridgehead atoms. The van der Waals surface area contributed by atoms with Gasteiger partial charge < -0.3 is 10.5 Å². The average Bonchev–Trinajstić information content (AvgIpc) is 2.61. The first-order valence-corrected chi connectivity index (χ1v) is 6.84. The Bertz CT molecular complexity index is 393. The summed E-state index contributed by atoms with van der Waals surface area (Å²) in [6.07, 6.45) is 0.531. The molecule has 0 radical (unpaired) electrons. The van der Waals surface area contributed by atoms with E-state index < -0.39 is 11.5 Å². The molecular formula is C10H17N3O2S2. The van der Waals surface area contributed by atoms with Crippen LogP contribution in [0.5, 0.6) is 0 Å². The van der Waals surface area contributed by atoms with Crippen LogP contribution in [0.3, 0.4) is 0 Å². The van der Waals surface area contributed by atoms with Crippen molar-refractivity contribution in [1.82, 2.24) is 9.36 Å². The number of ether oxygens (including phenoxy) is 1. The molecule has 1 aromatic heterocycles. The Morgan fingerprint density at radius 2 is 2.35 bits per heavy atom. The second-order valence-electron chi connectivity index (χ2n) is 4.15. The largest absolute Gasteiger partial charge is 0.468 e. The third-order valence-corrected chi connectivity index (χ3v) is 4.15. The standard InChI is InChI=1S/C10H17N3O2S2/c1-6(5-10(3,11)8(14)15-4)16-9-12-7(2)13-17-9/h6H,5,11H2,1-4H3. The summed E-state index contributed by atoms with van der Waals surface area (Å²) in [6, 6.07) is 0. The number of nitrogens with two attached hydrogens (primary N) is 1. The van der Waals surface area contributed by atoms with Crippen LogP contribution in [0, 0.1) is 6.92 Å². The van der Waals surface area contributed by atoms with E-state index in [4.69, 9.17) is 5.73 Å². The maximum absolute atomic E-state index is 11.4. The van der Waals surface area contributed by atoms with Gasteiger partial charge in [-0.2, -0.15) is 4.37 Å². The van der Waals surface area contributed by atoms with E-state index >= 15 is 0 Å². The van der Waals surface area contributed by atoms with Crippen molar-refractivity contribution in [2.45, 2.75) is 42.3 Å². The zero-order valence-corrected chi connectivity index (χ0v) is 12.0. The number of nitrogens with zero attached hydrogens (tertiary/aromatic N) is 2. The first kappa shape index (κ1) is 14.4. The quantitative estimate of drug-likeness (QED) is 0.649. The lowest BCUT2D eigenvalue weighted by atomic mass is 9.98. The molecule has 0 spiro atoms. The van der Waals surface area contributed by atoms with Crippen molar-refractivity contribution in [3.8, 4) is 0 Å². The Kier molecular flexibility index (Phi) is 4.91. The number of hydrogen-bond acceptors (Lipinski definition) is 7. The second kappa shape index (κ2) is 5.79. The molecule has 0 aliphatic carbocycles. The number of thioether (sulfide) groups is 1. The number of carbonyl (C=O) groups excluding carboxylic acids is 1. The topological polar surface area (TPSA) is 78.1 Å². The Hall–Kier alpha value is -0.660. The molecule has 1 heterocycles. The Morgan fingerprint density at radius 3 is 2.82 bits per heavy atom. The van der Waals surface area contributed by atoms with E-state index in [1.807, 2.05) is 13.8 Å². The fraction of sp³-hybridized carbons (Fsp3) is 0.700. The molecule has 0 fully saturated rings. The molecule has 0 aliphatic heterocycles. The summed E-state index contributed by atoms with van der Waals surface area (Å²) in [4.78, 5) is 15.7. The van der Waals surface area contributed by atoms with Crippen molar-refractivity contribution in [3.05, 3.63) is 5.82 Å². The van der Waals surface area contributed by atoms with Crippen LogP contribution in [0.25, 0.3) is 0 Å². The molecule has 0 saturated heterocycles. The van der Waals surface area contributed by atoms with Crippen LogP contribution < -0.4 is 5.73 Å². The molecule has 2 unspecified atom stereocenters. The van der Waals surface area contributed by atoms with Crippen molar-refractivity contribution in [2.75, 3.05) is 7.11 Å². The molecule has 0 saturated carbocycles. The second-order valence-corrected chi connectivity index (χ2v) is 6.59. The molecule has 17 heavy (non-hydrogen) atoms. The highest BCUT2D eigenvalue weighted by atomic mass is 32.2. The summed E-state index contributed by atoms with van der Waals surface area (Å²) < 4.78 is 9.67. The van der Waals surface area contributed by atoms with Crippen molar-refractivity contribution < 1.29 is 9.53 Å². The van der Waals surface area contributed by atoms with Gasteiger partial charge >= 0.3 is 5.97 Å². The average molecular weight is 275 g/mol. The van der Waals surface area contributed by atoms with Crippen LogP contribution in [-0.4, -0.2) is 33.2 Å². The molecule has 1 aromatic rings. The van der Waals surface area contributed by atoms with E-state index in [-0.39, 0.29) is 5.25 Å². The lowest BCUT2D eigenvalue weighted by molar-refractivity contribution is -0.146. The van der Waals surface area contributed by atoms with Crippen LogP contribution in [0.1, 0.15) is 26.1 Å². The predicted molar refractivity (Wildman–Crippen MR) is 69.2 cm³/mol.